The molecule has 0 aromatic carbocycles. The van der Waals surface area contributed by atoms with Gasteiger partial charge >= 0.3 is 11.9 Å². The third-order valence-corrected chi connectivity index (χ3v) is 2.22. The molecule has 0 rings (SSSR count). The topological polar surface area (TPSA) is 72.9 Å². The quantitative estimate of drug-likeness (QED) is 0.545. The number of amides is 1. The van der Waals surface area contributed by atoms with E-state index in [2.05, 4.69) is 4.74 Å². The number of ether oxygens (including phenoxy) is 2. The van der Waals surface area contributed by atoms with Gasteiger partial charge in [-0.25, -0.2) is 9.59 Å². The number of carbonyl (C=O) groups excluding carboxylic acids is 3. The summed E-state index contributed by atoms with van der Waals surface area (Å²) in [4.78, 5) is 35.2. The Bertz CT molecular complexity index is 368. The van der Waals surface area contributed by atoms with E-state index in [9.17, 15) is 14.4 Å². The van der Waals surface area contributed by atoms with Crippen LogP contribution in [0.15, 0.2) is 12.2 Å². The van der Waals surface area contributed by atoms with Gasteiger partial charge in [-0.3, -0.25) is 4.79 Å². The van der Waals surface area contributed by atoms with E-state index in [1.807, 2.05) is 20.8 Å². The van der Waals surface area contributed by atoms with Crippen molar-refractivity contribution in [1.29, 1.82) is 0 Å². The summed E-state index contributed by atoms with van der Waals surface area (Å²) in [6.07, 6.45) is 1.96. The summed E-state index contributed by atoms with van der Waals surface area (Å²) in [5, 5.41) is 0. The molecule has 0 heterocycles. The molecule has 0 aliphatic carbocycles. The highest BCUT2D eigenvalue weighted by Gasteiger charge is 2.24. The molecule has 0 spiro atoms. The zero-order valence-electron chi connectivity index (χ0n) is 12.1. The minimum Gasteiger partial charge on any atom is -0.466 e. The van der Waals surface area contributed by atoms with Crippen molar-refractivity contribution in [2.24, 2.45) is 5.41 Å². The van der Waals surface area contributed by atoms with E-state index in [0.717, 1.165) is 12.2 Å². The Hall–Kier alpha value is -1.85. The molecule has 0 bridgehead atoms. The molecule has 0 unspecified atom stereocenters. The third kappa shape index (κ3) is 7.23. The minimum atomic E-state index is -0.651. The molecule has 0 fully saturated rings. The maximum Gasteiger partial charge on any atom is 0.331 e. The van der Waals surface area contributed by atoms with Crippen LogP contribution in [0.1, 0.15) is 20.8 Å². The van der Waals surface area contributed by atoms with Crippen LogP contribution in [0, 0.1) is 5.41 Å². The van der Waals surface area contributed by atoms with Crippen molar-refractivity contribution in [2.45, 2.75) is 20.8 Å². The molecule has 0 saturated heterocycles. The Morgan fingerprint density at radius 1 is 1.11 bits per heavy atom. The average molecular weight is 271 g/mol. The van der Waals surface area contributed by atoms with E-state index in [1.54, 1.807) is 7.05 Å². The monoisotopic (exact) mass is 271 g/mol. The Labute approximate surface area is 113 Å². The van der Waals surface area contributed by atoms with Crippen LogP contribution >= 0.6 is 0 Å². The summed E-state index contributed by atoms with van der Waals surface area (Å²) in [5.41, 5.74) is -0.469. The Morgan fingerprint density at radius 2 is 1.63 bits per heavy atom. The summed E-state index contributed by atoms with van der Waals surface area (Å²) in [7, 11) is 2.86. The lowest BCUT2D eigenvalue weighted by Crippen LogP contribution is -2.38. The third-order valence-electron chi connectivity index (χ3n) is 2.22. The number of esters is 2. The Morgan fingerprint density at radius 3 is 2.11 bits per heavy atom. The first-order valence-corrected chi connectivity index (χ1v) is 5.87. The van der Waals surface area contributed by atoms with Gasteiger partial charge < -0.3 is 14.4 Å². The highest BCUT2D eigenvalue weighted by Crippen LogP contribution is 2.15. The van der Waals surface area contributed by atoms with Crippen LogP contribution in [0.3, 0.4) is 0 Å². The second kappa shape index (κ2) is 7.56. The molecule has 108 valence electrons. The fourth-order valence-corrected chi connectivity index (χ4v) is 1.21. The smallest absolute Gasteiger partial charge is 0.331 e. The normalized spacial score (nSPS) is 11.2. The van der Waals surface area contributed by atoms with Crippen LogP contribution in [-0.4, -0.2) is 50.1 Å². The molecule has 6 heteroatoms. The highest BCUT2D eigenvalue weighted by atomic mass is 16.5. The van der Waals surface area contributed by atoms with Gasteiger partial charge in [-0.15, -0.1) is 0 Å². The molecule has 19 heavy (non-hydrogen) atoms. The second-order valence-corrected chi connectivity index (χ2v) is 5.00. The van der Waals surface area contributed by atoms with Crippen molar-refractivity contribution >= 4 is 17.8 Å². The number of likely N-dealkylation sites (N-methyl/N-ethyl adjacent to an activating group) is 1. The van der Waals surface area contributed by atoms with Gasteiger partial charge in [0.25, 0.3) is 0 Å². The number of hydrogen-bond donors (Lipinski definition) is 0. The number of rotatable bonds is 5. The molecule has 6 nitrogen and oxygen atoms in total. The largest absolute Gasteiger partial charge is 0.466 e. The predicted molar refractivity (Wildman–Crippen MR) is 69.2 cm³/mol. The Balaban J connectivity index is 4.04. The van der Waals surface area contributed by atoms with Gasteiger partial charge in [0.05, 0.1) is 13.7 Å². The first-order valence-electron chi connectivity index (χ1n) is 5.87. The zero-order chi connectivity index (χ0) is 15.1. The summed E-state index contributed by atoms with van der Waals surface area (Å²) < 4.78 is 9.17. The average Bonchev–Trinajstić information content (AvgIpc) is 2.33. The van der Waals surface area contributed by atoms with Gasteiger partial charge in [0.2, 0.25) is 5.91 Å². The lowest BCUT2D eigenvalue weighted by molar-refractivity contribution is -0.143. The molecule has 0 aliphatic heterocycles. The molecular formula is C13H21NO5. The van der Waals surface area contributed by atoms with E-state index < -0.39 is 17.4 Å². The molecule has 0 aromatic heterocycles. The fraction of sp³-hybridized carbons (Fsp3) is 0.615. The summed E-state index contributed by atoms with van der Waals surface area (Å²) in [6, 6.07) is 0. The molecule has 0 saturated carbocycles. The van der Waals surface area contributed by atoms with Crippen molar-refractivity contribution in [3.63, 3.8) is 0 Å². The van der Waals surface area contributed by atoms with Gasteiger partial charge in [0, 0.05) is 24.6 Å². The number of hydrogen-bond acceptors (Lipinski definition) is 5. The van der Waals surface area contributed by atoms with Crippen molar-refractivity contribution < 1.29 is 23.9 Å². The van der Waals surface area contributed by atoms with Crippen LogP contribution in [-0.2, 0) is 23.9 Å². The van der Waals surface area contributed by atoms with Crippen molar-refractivity contribution in [3.8, 4) is 0 Å². The first kappa shape index (κ1) is 17.2. The summed E-state index contributed by atoms with van der Waals surface area (Å²) >= 11 is 0. The molecule has 0 aliphatic rings. The second-order valence-electron chi connectivity index (χ2n) is 5.00. The van der Waals surface area contributed by atoms with Gasteiger partial charge in [0.1, 0.15) is 6.61 Å². The van der Waals surface area contributed by atoms with Crippen LogP contribution in [0.4, 0.5) is 0 Å². The number of methoxy groups -OCH3 is 1. The minimum absolute atomic E-state index is 0.0337. The first-order chi connectivity index (χ1) is 8.68. The lowest BCUT2D eigenvalue weighted by Gasteiger charge is -2.25. The molecular weight excluding hydrogens is 250 g/mol. The molecule has 1 amide bonds. The van der Waals surface area contributed by atoms with Crippen molar-refractivity contribution in [2.75, 3.05) is 27.3 Å². The van der Waals surface area contributed by atoms with Gasteiger partial charge in [-0.2, -0.15) is 0 Å². The maximum atomic E-state index is 11.8. The molecule has 0 radical (unpaired) electrons. The number of carbonyl (C=O) groups is 3. The van der Waals surface area contributed by atoms with Crippen LogP contribution < -0.4 is 0 Å². The fourth-order valence-electron chi connectivity index (χ4n) is 1.21. The van der Waals surface area contributed by atoms with Gasteiger partial charge in [0.15, 0.2) is 0 Å². The number of nitrogens with zero attached hydrogens (tertiary/aromatic N) is 1. The van der Waals surface area contributed by atoms with E-state index in [4.69, 9.17) is 4.74 Å². The van der Waals surface area contributed by atoms with Crippen LogP contribution in [0.5, 0.6) is 0 Å². The summed E-state index contributed by atoms with van der Waals surface area (Å²) in [5.74, 6) is -1.31. The van der Waals surface area contributed by atoms with E-state index in [1.165, 1.54) is 12.0 Å². The van der Waals surface area contributed by atoms with Crippen molar-refractivity contribution in [3.05, 3.63) is 12.2 Å². The predicted octanol–water partition coefficient (Wildman–Crippen LogP) is 0.763. The lowest BCUT2D eigenvalue weighted by atomic mass is 9.95. The maximum absolute atomic E-state index is 11.8. The van der Waals surface area contributed by atoms with Crippen LogP contribution in [0.2, 0.25) is 0 Å². The van der Waals surface area contributed by atoms with E-state index in [-0.39, 0.29) is 12.5 Å². The standard InChI is InChI=1S/C13H21NO5/c1-13(2,3)12(17)14(4)8-9-19-11(16)7-6-10(15)18-5/h6-7H,8-9H2,1-5H3/b7-6+. The Kier molecular flexibility index (Phi) is 6.82. The van der Waals surface area contributed by atoms with E-state index in [0.29, 0.717) is 6.54 Å². The van der Waals surface area contributed by atoms with Gasteiger partial charge in [-0.05, 0) is 0 Å². The highest BCUT2D eigenvalue weighted by molar-refractivity contribution is 5.91. The SMILES string of the molecule is COC(=O)/C=C/C(=O)OCCN(C)C(=O)C(C)(C)C. The van der Waals surface area contributed by atoms with E-state index >= 15 is 0 Å². The molecule has 0 atom stereocenters. The molecule has 0 aromatic rings. The van der Waals surface area contributed by atoms with Crippen molar-refractivity contribution in [1.82, 2.24) is 4.90 Å². The summed E-state index contributed by atoms with van der Waals surface area (Å²) in [6.45, 7) is 5.82. The van der Waals surface area contributed by atoms with Gasteiger partial charge in [-0.1, -0.05) is 20.8 Å². The molecule has 0 N–H and O–H groups in total. The zero-order valence-corrected chi connectivity index (χ0v) is 12.1. The van der Waals surface area contributed by atoms with Crippen LogP contribution in [0.25, 0.3) is 0 Å².